The van der Waals surface area contributed by atoms with Crippen LogP contribution in [0.25, 0.3) is 0 Å². The number of hydrogen-bond acceptors (Lipinski definition) is 5. The standard InChI is InChI=1S/C26H36N4O/c1-4-23(14-27-10-1)16-28-11-3-8-25(9-12-28)18-30(17-24-5-2-13-31-24)21-26(25)19-29(20-26)15-22-6-7-22/h1-2,4-5,10,13-14,22H,3,6-9,11-12,15-21H2/t25-/m0/s1. The highest BCUT2D eigenvalue weighted by Crippen LogP contribution is 2.58. The van der Waals surface area contributed by atoms with Gasteiger partial charge in [0.2, 0.25) is 0 Å². The second kappa shape index (κ2) is 8.02. The summed E-state index contributed by atoms with van der Waals surface area (Å²) in [6.07, 6.45) is 12.7. The van der Waals surface area contributed by atoms with E-state index >= 15 is 0 Å². The van der Waals surface area contributed by atoms with Gasteiger partial charge in [-0.2, -0.15) is 0 Å². The molecular weight excluding hydrogens is 384 g/mol. The molecule has 1 saturated carbocycles. The predicted octanol–water partition coefficient (Wildman–Crippen LogP) is 3.87. The average molecular weight is 421 g/mol. The van der Waals surface area contributed by atoms with Crippen LogP contribution in [0.1, 0.15) is 43.4 Å². The number of furan rings is 1. The van der Waals surface area contributed by atoms with Gasteiger partial charge in [0.1, 0.15) is 5.76 Å². The van der Waals surface area contributed by atoms with Gasteiger partial charge in [-0.15, -0.1) is 0 Å². The molecule has 0 unspecified atom stereocenters. The van der Waals surface area contributed by atoms with E-state index in [0.29, 0.717) is 10.8 Å². The zero-order valence-electron chi connectivity index (χ0n) is 18.7. The van der Waals surface area contributed by atoms with Crippen LogP contribution in [0.15, 0.2) is 47.3 Å². The van der Waals surface area contributed by atoms with E-state index in [2.05, 4.69) is 37.9 Å². The molecule has 0 bridgehead atoms. The van der Waals surface area contributed by atoms with Gasteiger partial charge in [0.05, 0.1) is 12.8 Å². The lowest BCUT2D eigenvalue weighted by Crippen LogP contribution is -2.64. The van der Waals surface area contributed by atoms with Gasteiger partial charge in [0.25, 0.3) is 0 Å². The molecule has 1 atom stereocenters. The molecule has 4 aliphatic rings. The second-order valence-electron chi connectivity index (χ2n) is 10.9. The first-order valence-electron chi connectivity index (χ1n) is 12.3. The van der Waals surface area contributed by atoms with Crippen molar-refractivity contribution in [2.45, 2.75) is 45.2 Å². The number of likely N-dealkylation sites (tertiary alicyclic amines) is 3. The monoisotopic (exact) mass is 420 g/mol. The number of rotatable bonds is 6. The Labute approximate surface area is 186 Å². The van der Waals surface area contributed by atoms with Crippen LogP contribution in [0.2, 0.25) is 0 Å². The smallest absolute Gasteiger partial charge is 0.117 e. The van der Waals surface area contributed by atoms with Gasteiger partial charge in [-0.05, 0) is 80.3 Å². The Hall–Kier alpha value is -1.69. The second-order valence-corrected chi connectivity index (χ2v) is 10.9. The molecule has 0 radical (unpaired) electrons. The van der Waals surface area contributed by atoms with Gasteiger partial charge in [-0.3, -0.25) is 14.8 Å². The van der Waals surface area contributed by atoms with Crippen molar-refractivity contribution in [1.29, 1.82) is 0 Å². The molecular formula is C26H36N4O. The molecule has 0 N–H and O–H groups in total. The van der Waals surface area contributed by atoms with Crippen LogP contribution in [0.4, 0.5) is 0 Å². The summed E-state index contributed by atoms with van der Waals surface area (Å²) in [5.74, 6) is 2.12. The van der Waals surface area contributed by atoms with Gasteiger partial charge in [0.15, 0.2) is 0 Å². The van der Waals surface area contributed by atoms with Crippen LogP contribution in [-0.4, -0.2) is 65.5 Å². The van der Waals surface area contributed by atoms with Gasteiger partial charge in [-0.25, -0.2) is 0 Å². The third-order valence-corrected chi connectivity index (χ3v) is 8.57. The van der Waals surface area contributed by atoms with E-state index in [1.807, 2.05) is 24.7 Å². The summed E-state index contributed by atoms with van der Waals surface area (Å²) in [7, 11) is 0. The number of fused-ring (bicyclic) bond motifs is 1. The maximum atomic E-state index is 5.71. The Kier molecular flexibility index (Phi) is 5.16. The molecule has 0 aromatic carbocycles. The fraction of sp³-hybridized carbons (Fsp3) is 0.654. The zero-order chi connectivity index (χ0) is 20.7. The van der Waals surface area contributed by atoms with Crippen LogP contribution in [0, 0.1) is 16.7 Å². The van der Waals surface area contributed by atoms with Crippen molar-refractivity contribution < 1.29 is 4.42 Å². The molecule has 5 heteroatoms. The minimum Gasteiger partial charge on any atom is -0.468 e. The summed E-state index contributed by atoms with van der Waals surface area (Å²) >= 11 is 0. The van der Waals surface area contributed by atoms with Gasteiger partial charge in [0, 0.05) is 57.1 Å². The van der Waals surface area contributed by atoms with Gasteiger partial charge >= 0.3 is 0 Å². The van der Waals surface area contributed by atoms with E-state index in [4.69, 9.17) is 4.42 Å². The van der Waals surface area contributed by atoms with Crippen molar-refractivity contribution in [3.8, 4) is 0 Å². The Balaban J connectivity index is 1.17. The largest absolute Gasteiger partial charge is 0.468 e. The number of aromatic nitrogens is 1. The summed E-state index contributed by atoms with van der Waals surface area (Å²) in [5.41, 5.74) is 2.29. The number of pyridine rings is 1. The molecule has 31 heavy (non-hydrogen) atoms. The van der Waals surface area contributed by atoms with Gasteiger partial charge in [-0.1, -0.05) is 6.07 Å². The molecule has 166 valence electrons. The average Bonchev–Trinajstić information content (AvgIpc) is 3.37. The van der Waals surface area contributed by atoms with E-state index in [9.17, 15) is 0 Å². The number of hydrogen-bond donors (Lipinski definition) is 0. The van der Waals surface area contributed by atoms with E-state index in [-0.39, 0.29) is 0 Å². The molecule has 2 spiro atoms. The van der Waals surface area contributed by atoms with Crippen LogP contribution in [0.3, 0.4) is 0 Å². The first-order chi connectivity index (χ1) is 15.2. The lowest BCUT2D eigenvalue weighted by atomic mass is 9.58. The zero-order valence-corrected chi connectivity index (χ0v) is 18.7. The molecule has 5 nitrogen and oxygen atoms in total. The normalized spacial score (nSPS) is 29.4. The SMILES string of the molecule is c1cncc(CN2CCC[C@]3(CC2)CN(Cc2ccco2)CC32CN(CC3CC3)C2)c1. The fourth-order valence-electron chi connectivity index (χ4n) is 6.87. The first-order valence-corrected chi connectivity index (χ1v) is 12.3. The van der Waals surface area contributed by atoms with E-state index in [1.54, 1.807) is 0 Å². The van der Waals surface area contributed by atoms with E-state index in [1.165, 1.54) is 83.5 Å². The summed E-state index contributed by atoms with van der Waals surface area (Å²) in [6, 6.07) is 8.45. The van der Waals surface area contributed by atoms with Crippen LogP contribution >= 0.6 is 0 Å². The Morgan fingerprint density at radius 3 is 2.55 bits per heavy atom. The van der Waals surface area contributed by atoms with Crippen LogP contribution < -0.4 is 0 Å². The van der Waals surface area contributed by atoms with Crippen molar-refractivity contribution in [3.05, 3.63) is 54.2 Å². The number of nitrogens with zero attached hydrogens (tertiary/aromatic N) is 4. The molecule has 3 aliphatic heterocycles. The molecule has 2 aromatic heterocycles. The fourth-order valence-corrected chi connectivity index (χ4v) is 6.87. The summed E-state index contributed by atoms with van der Waals surface area (Å²) in [5, 5.41) is 0. The first kappa shape index (κ1) is 20.0. The van der Waals surface area contributed by atoms with Crippen LogP contribution in [-0.2, 0) is 13.1 Å². The maximum absolute atomic E-state index is 5.71. The Morgan fingerprint density at radius 2 is 1.77 bits per heavy atom. The lowest BCUT2D eigenvalue weighted by Gasteiger charge is -2.57. The molecule has 2 aromatic rings. The molecule has 5 heterocycles. The van der Waals surface area contributed by atoms with Crippen molar-refractivity contribution >= 4 is 0 Å². The summed E-state index contributed by atoms with van der Waals surface area (Å²) < 4.78 is 5.71. The minimum atomic E-state index is 0.462. The molecule has 6 rings (SSSR count). The Bertz CT molecular complexity index is 859. The Morgan fingerprint density at radius 1 is 0.903 bits per heavy atom. The van der Waals surface area contributed by atoms with Crippen molar-refractivity contribution in [2.75, 3.05) is 45.8 Å². The third-order valence-electron chi connectivity index (χ3n) is 8.57. The maximum Gasteiger partial charge on any atom is 0.117 e. The van der Waals surface area contributed by atoms with Crippen LogP contribution in [0.5, 0.6) is 0 Å². The minimum absolute atomic E-state index is 0.462. The molecule has 0 amide bonds. The predicted molar refractivity (Wildman–Crippen MR) is 121 cm³/mol. The van der Waals surface area contributed by atoms with Crippen molar-refractivity contribution in [2.24, 2.45) is 16.7 Å². The third kappa shape index (κ3) is 3.96. The molecule has 3 saturated heterocycles. The highest BCUT2D eigenvalue weighted by atomic mass is 16.3. The molecule has 4 fully saturated rings. The quantitative estimate of drug-likeness (QED) is 0.709. The van der Waals surface area contributed by atoms with Crippen molar-refractivity contribution in [3.63, 3.8) is 0 Å². The summed E-state index contributed by atoms with van der Waals surface area (Å²) in [6.45, 7) is 10.9. The van der Waals surface area contributed by atoms with Gasteiger partial charge < -0.3 is 9.32 Å². The van der Waals surface area contributed by atoms with E-state index in [0.717, 1.165) is 24.8 Å². The highest BCUT2D eigenvalue weighted by Gasteiger charge is 2.62. The van der Waals surface area contributed by atoms with E-state index < -0.39 is 0 Å². The topological polar surface area (TPSA) is 35.8 Å². The molecule has 1 aliphatic carbocycles. The van der Waals surface area contributed by atoms with Crippen molar-refractivity contribution in [1.82, 2.24) is 19.7 Å². The lowest BCUT2D eigenvalue weighted by molar-refractivity contribution is -0.0788. The highest BCUT2D eigenvalue weighted by molar-refractivity contribution is 5.16. The summed E-state index contributed by atoms with van der Waals surface area (Å²) in [4.78, 5) is 12.5.